The van der Waals surface area contributed by atoms with Crippen LogP contribution in [-0.2, 0) is 10.0 Å². The molecule has 3 rings (SSSR count). The predicted octanol–water partition coefficient (Wildman–Crippen LogP) is 2.55. The number of hydrogen-bond donors (Lipinski definition) is 1. The number of rotatable bonds is 2. The van der Waals surface area contributed by atoms with E-state index in [9.17, 15) is 8.42 Å². The Kier molecular flexibility index (Phi) is 3.00. The summed E-state index contributed by atoms with van der Waals surface area (Å²) in [5.41, 5.74) is 2.21. The lowest BCUT2D eigenvalue weighted by Crippen LogP contribution is -2.13. The molecular formula is C15H12N2O2S. The Morgan fingerprint density at radius 3 is 2.40 bits per heavy atom. The molecule has 5 heteroatoms. The third-order valence-corrected chi connectivity index (χ3v) is 4.10. The van der Waals surface area contributed by atoms with Gasteiger partial charge in [-0.2, -0.15) is 0 Å². The number of benzene rings is 2. The SMILES string of the molecule is NS(=O)(=O)c1ccccc1-c1cccc2ncccc12. The lowest BCUT2D eigenvalue weighted by Gasteiger charge is -2.10. The molecule has 4 nitrogen and oxygen atoms in total. The number of pyridine rings is 1. The average molecular weight is 284 g/mol. The maximum absolute atomic E-state index is 11.7. The first-order chi connectivity index (χ1) is 9.57. The molecular weight excluding hydrogens is 272 g/mol. The maximum Gasteiger partial charge on any atom is 0.238 e. The van der Waals surface area contributed by atoms with Gasteiger partial charge in [0.15, 0.2) is 0 Å². The fourth-order valence-electron chi connectivity index (χ4n) is 2.28. The van der Waals surface area contributed by atoms with E-state index in [1.165, 1.54) is 6.07 Å². The summed E-state index contributed by atoms with van der Waals surface area (Å²) in [6.45, 7) is 0. The minimum absolute atomic E-state index is 0.122. The van der Waals surface area contributed by atoms with Gasteiger partial charge in [0.1, 0.15) is 0 Å². The van der Waals surface area contributed by atoms with Crippen molar-refractivity contribution in [1.29, 1.82) is 0 Å². The molecule has 0 aliphatic rings. The first-order valence-corrected chi connectivity index (χ1v) is 7.58. The largest absolute Gasteiger partial charge is 0.256 e. The zero-order valence-corrected chi connectivity index (χ0v) is 11.3. The van der Waals surface area contributed by atoms with Crippen LogP contribution in [0.4, 0.5) is 0 Å². The van der Waals surface area contributed by atoms with Crippen LogP contribution in [0.25, 0.3) is 22.0 Å². The summed E-state index contributed by atoms with van der Waals surface area (Å²) in [4.78, 5) is 4.40. The van der Waals surface area contributed by atoms with Crippen molar-refractivity contribution in [3.63, 3.8) is 0 Å². The van der Waals surface area contributed by atoms with Gasteiger partial charge in [-0.25, -0.2) is 13.6 Å². The molecule has 100 valence electrons. The van der Waals surface area contributed by atoms with Crippen molar-refractivity contribution in [3.8, 4) is 11.1 Å². The van der Waals surface area contributed by atoms with E-state index >= 15 is 0 Å². The highest BCUT2D eigenvalue weighted by atomic mass is 32.2. The molecule has 20 heavy (non-hydrogen) atoms. The van der Waals surface area contributed by atoms with Gasteiger partial charge >= 0.3 is 0 Å². The third kappa shape index (κ3) is 2.17. The van der Waals surface area contributed by atoms with Crippen molar-refractivity contribution >= 4 is 20.9 Å². The second kappa shape index (κ2) is 4.70. The van der Waals surface area contributed by atoms with Crippen LogP contribution in [0.3, 0.4) is 0 Å². The summed E-state index contributed by atoms with van der Waals surface area (Å²) < 4.78 is 23.5. The number of nitrogens with zero attached hydrogens (tertiary/aromatic N) is 1. The van der Waals surface area contributed by atoms with Gasteiger partial charge in [-0.05, 0) is 23.8 Å². The minimum Gasteiger partial charge on any atom is -0.256 e. The number of nitrogens with two attached hydrogens (primary N) is 1. The van der Waals surface area contributed by atoms with E-state index in [0.717, 1.165) is 16.5 Å². The summed E-state index contributed by atoms with van der Waals surface area (Å²) in [6, 6.07) is 16.1. The van der Waals surface area contributed by atoms with E-state index in [1.807, 2.05) is 30.3 Å². The Labute approximate surface area is 116 Å². The molecule has 2 N–H and O–H groups in total. The molecule has 2 aromatic carbocycles. The molecule has 0 unspecified atom stereocenters. The van der Waals surface area contributed by atoms with Crippen molar-refractivity contribution in [1.82, 2.24) is 4.98 Å². The van der Waals surface area contributed by atoms with E-state index in [1.54, 1.807) is 24.4 Å². The summed E-state index contributed by atoms with van der Waals surface area (Å²) in [7, 11) is -3.77. The van der Waals surface area contributed by atoms with Crippen LogP contribution in [0.1, 0.15) is 0 Å². The molecule has 0 aliphatic heterocycles. The van der Waals surface area contributed by atoms with Crippen LogP contribution in [-0.4, -0.2) is 13.4 Å². The quantitative estimate of drug-likeness (QED) is 0.786. The van der Waals surface area contributed by atoms with Crippen LogP contribution in [0.5, 0.6) is 0 Å². The van der Waals surface area contributed by atoms with Gasteiger partial charge in [-0.15, -0.1) is 0 Å². The molecule has 0 saturated carbocycles. The second-order valence-corrected chi connectivity index (χ2v) is 5.95. The summed E-state index contributed by atoms with van der Waals surface area (Å²) in [5.74, 6) is 0. The number of fused-ring (bicyclic) bond motifs is 1. The highest BCUT2D eigenvalue weighted by Crippen LogP contribution is 2.31. The molecule has 0 saturated heterocycles. The Hall–Kier alpha value is -2.24. The normalized spacial score (nSPS) is 11.7. The monoisotopic (exact) mass is 284 g/mol. The predicted molar refractivity (Wildman–Crippen MR) is 78.6 cm³/mol. The third-order valence-electron chi connectivity index (χ3n) is 3.13. The van der Waals surface area contributed by atoms with E-state index in [0.29, 0.717) is 5.56 Å². The molecule has 0 radical (unpaired) electrons. The van der Waals surface area contributed by atoms with Gasteiger partial charge in [-0.3, -0.25) is 4.98 Å². The van der Waals surface area contributed by atoms with Crippen LogP contribution in [0.15, 0.2) is 65.7 Å². The Morgan fingerprint density at radius 1 is 0.850 bits per heavy atom. The maximum atomic E-state index is 11.7. The summed E-state index contributed by atoms with van der Waals surface area (Å²) in [6.07, 6.45) is 1.71. The molecule has 3 aromatic rings. The van der Waals surface area contributed by atoms with Gasteiger partial charge < -0.3 is 0 Å². The Balaban J connectivity index is 2.38. The lowest BCUT2D eigenvalue weighted by atomic mass is 10.0. The minimum atomic E-state index is -3.77. The van der Waals surface area contributed by atoms with Gasteiger partial charge in [0.25, 0.3) is 0 Å². The highest BCUT2D eigenvalue weighted by molar-refractivity contribution is 7.89. The zero-order valence-electron chi connectivity index (χ0n) is 10.5. The molecule has 0 fully saturated rings. The molecule has 1 aromatic heterocycles. The zero-order chi connectivity index (χ0) is 14.2. The molecule has 0 bridgehead atoms. The van der Waals surface area contributed by atoms with Gasteiger partial charge in [-0.1, -0.05) is 36.4 Å². The smallest absolute Gasteiger partial charge is 0.238 e. The number of aromatic nitrogens is 1. The topological polar surface area (TPSA) is 73.1 Å². The van der Waals surface area contributed by atoms with Crippen LogP contribution in [0.2, 0.25) is 0 Å². The summed E-state index contributed by atoms with van der Waals surface area (Å²) in [5, 5.41) is 6.19. The van der Waals surface area contributed by atoms with E-state index in [2.05, 4.69) is 4.98 Å². The van der Waals surface area contributed by atoms with E-state index in [4.69, 9.17) is 5.14 Å². The van der Waals surface area contributed by atoms with Crippen molar-refractivity contribution in [3.05, 3.63) is 60.8 Å². The van der Waals surface area contributed by atoms with Crippen LogP contribution in [0, 0.1) is 0 Å². The Bertz CT molecular complexity index is 884. The van der Waals surface area contributed by atoms with Crippen LogP contribution >= 0.6 is 0 Å². The molecule has 0 atom stereocenters. The lowest BCUT2D eigenvalue weighted by molar-refractivity contribution is 0.598. The van der Waals surface area contributed by atoms with Gasteiger partial charge in [0.2, 0.25) is 10.0 Å². The van der Waals surface area contributed by atoms with Crippen molar-refractivity contribution in [2.45, 2.75) is 4.90 Å². The average Bonchev–Trinajstić information content (AvgIpc) is 2.46. The first-order valence-electron chi connectivity index (χ1n) is 6.03. The van der Waals surface area contributed by atoms with Crippen LogP contribution < -0.4 is 5.14 Å². The van der Waals surface area contributed by atoms with Crippen molar-refractivity contribution < 1.29 is 8.42 Å². The molecule has 0 aliphatic carbocycles. The fourth-order valence-corrected chi connectivity index (χ4v) is 3.03. The van der Waals surface area contributed by atoms with Gasteiger partial charge in [0, 0.05) is 17.1 Å². The highest BCUT2D eigenvalue weighted by Gasteiger charge is 2.15. The number of hydrogen-bond acceptors (Lipinski definition) is 3. The number of sulfonamides is 1. The first kappa shape index (κ1) is 12.8. The molecule has 0 amide bonds. The summed E-state index contributed by atoms with van der Waals surface area (Å²) >= 11 is 0. The second-order valence-electron chi connectivity index (χ2n) is 4.42. The fraction of sp³-hybridized carbons (Fsp3) is 0. The van der Waals surface area contributed by atoms with Gasteiger partial charge in [0.05, 0.1) is 10.4 Å². The molecule has 1 heterocycles. The van der Waals surface area contributed by atoms with Crippen molar-refractivity contribution in [2.24, 2.45) is 5.14 Å². The standard InChI is InChI=1S/C15H12N2O2S/c16-20(18,19)15-9-2-1-5-13(15)11-6-3-8-14-12(11)7-4-10-17-14/h1-10H,(H2,16,18,19). The van der Waals surface area contributed by atoms with E-state index < -0.39 is 10.0 Å². The molecule has 0 spiro atoms. The van der Waals surface area contributed by atoms with E-state index in [-0.39, 0.29) is 4.90 Å². The number of primary sulfonamides is 1. The Morgan fingerprint density at radius 2 is 1.60 bits per heavy atom. The van der Waals surface area contributed by atoms with Crippen molar-refractivity contribution in [2.75, 3.05) is 0 Å².